The molecule has 0 atom stereocenters. The van der Waals surface area contributed by atoms with E-state index in [0.717, 1.165) is 0 Å². The second-order valence-electron chi connectivity index (χ2n) is 4.06. The molecule has 0 saturated carbocycles. The number of ether oxygens (including phenoxy) is 1. The standard InChI is InChI=1S/C14H18FNO2/c1-16(2)10-8-14(17)12-4-6-13(7-5-12)18-11-3-9-15/h4-8,10H,3,9,11H2,1-2H3/b10-8+. The van der Waals surface area contributed by atoms with E-state index in [2.05, 4.69) is 0 Å². The highest BCUT2D eigenvalue weighted by atomic mass is 19.1. The zero-order valence-corrected chi connectivity index (χ0v) is 10.7. The predicted octanol–water partition coefficient (Wildman–Crippen LogP) is 2.68. The molecule has 98 valence electrons. The first-order valence-electron chi connectivity index (χ1n) is 5.81. The van der Waals surface area contributed by atoms with Crippen molar-refractivity contribution in [2.75, 3.05) is 27.4 Å². The Bertz CT molecular complexity index is 399. The molecule has 1 aromatic carbocycles. The van der Waals surface area contributed by atoms with E-state index < -0.39 is 0 Å². The SMILES string of the molecule is CN(C)/C=C/C(=O)c1ccc(OCCCF)cc1. The number of benzene rings is 1. The highest BCUT2D eigenvalue weighted by Gasteiger charge is 2.02. The van der Waals surface area contributed by atoms with Crippen molar-refractivity contribution in [3.63, 3.8) is 0 Å². The van der Waals surface area contributed by atoms with Crippen LogP contribution in [0.25, 0.3) is 0 Å². The van der Waals surface area contributed by atoms with Gasteiger partial charge < -0.3 is 9.64 Å². The molecule has 0 fully saturated rings. The first-order chi connectivity index (χ1) is 8.63. The molecule has 0 aliphatic rings. The Hall–Kier alpha value is -1.84. The smallest absolute Gasteiger partial charge is 0.187 e. The van der Waals surface area contributed by atoms with Crippen LogP contribution in [0.4, 0.5) is 4.39 Å². The zero-order chi connectivity index (χ0) is 13.4. The van der Waals surface area contributed by atoms with E-state index in [0.29, 0.717) is 24.3 Å². The lowest BCUT2D eigenvalue weighted by atomic mass is 10.1. The maximum absolute atomic E-state index is 11.9. The molecule has 3 nitrogen and oxygen atoms in total. The topological polar surface area (TPSA) is 29.5 Å². The van der Waals surface area contributed by atoms with Crippen molar-refractivity contribution in [2.45, 2.75) is 6.42 Å². The van der Waals surface area contributed by atoms with Gasteiger partial charge in [0.25, 0.3) is 0 Å². The van der Waals surface area contributed by atoms with Gasteiger partial charge in [0.2, 0.25) is 0 Å². The van der Waals surface area contributed by atoms with E-state index in [4.69, 9.17) is 4.74 Å². The molecular formula is C14H18FNO2. The summed E-state index contributed by atoms with van der Waals surface area (Å²) in [6.45, 7) is -0.0315. The van der Waals surface area contributed by atoms with Crippen molar-refractivity contribution in [1.29, 1.82) is 0 Å². The lowest BCUT2D eigenvalue weighted by molar-refractivity contribution is 0.104. The summed E-state index contributed by atoms with van der Waals surface area (Å²) < 4.78 is 17.2. The molecule has 4 heteroatoms. The van der Waals surface area contributed by atoms with Crippen LogP contribution in [0.2, 0.25) is 0 Å². The Morgan fingerprint density at radius 1 is 1.33 bits per heavy atom. The van der Waals surface area contributed by atoms with Crippen LogP contribution in [0.3, 0.4) is 0 Å². The van der Waals surface area contributed by atoms with Gasteiger partial charge in [0.1, 0.15) is 5.75 Å². The summed E-state index contributed by atoms with van der Waals surface area (Å²) in [5.41, 5.74) is 0.603. The van der Waals surface area contributed by atoms with Gasteiger partial charge in [-0.3, -0.25) is 9.18 Å². The van der Waals surface area contributed by atoms with Gasteiger partial charge in [-0.1, -0.05) is 0 Å². The number of allylic oxidation sites excluding steroid dienone is 1. The summed E-state index contributed by atoms with van der Waals surface area (Å²) in [4.78, 5) is 13.5. The van der Waals surface area contributed by atoms with E-state index in [9.17, 15) is 9.18 Å². The first kappa shape index (κ1) is 14.2. The van der Waals surface area contributed by atoms with Crippen molar-refractivity contribution in [3.05, 3.63) is 42.1 Å². The van der Waals surface area contributed by atoms with Crippen LogP contribution in [-0.2, 0) is 0 Å². The highest BCUT2D eigenvalue weighted by Crippen LogP contribution is 2.13. The predicted molar refractivity (Wildman–Crippen MR) is 69.7 cm³/mol. The summed E-state index contributed by atoms with van der Waals surface area (Å²) in [5.74, 6) is 0.593. The molecular weight excluding hydrogens is 233 g/mol. The molecule has 1 rings (SSSR count). The van der Waals surface area contributed by atoms with Crippen molar-refractivity contribution in [1.82, 2.24) is 4.90 Å². The number of hydrogen-bond donors (Lipinski definition) is 0. The third kappa shape index (κ3) is 4.99. The van der Waals surface area contributed by atoms with E-state index in [1.165, 1.54) is 6.08 Å². The molecule has 0 radical (unpaired) electrons. The van der Waals surface area contributed by atoms with Gasteiger partial charge in [-0.2, -0.15) is 0 Å². The van der Waals surface area contributed by atoms with E-state index in [1.54, 1.807) is 35.4 Å². The first-order valence-corrected chi connectivity index (χ1v) is 5.81. The van der Waals surface area contributed by atoms with Crippen LogP contribution in [0, 0.1) is 0 Å². The largest absolute Gasteiger partial charge is 0.493 e. The van der Waals surface area contributed by atoms with E-state index in [1.807, 2.05) is 14.1 Å². The van der Waals surface area contributed by atoms with E-state index in [-0.39, 0.29) is 12.5 Å². The molecule has 18 heavy (non-hydrogen) atoms. The molecule has 0 aliphatic heterocycles. The number of rotatable bonds is 7. The van der Waals surface area contributed by atoms with Crippen LogP contribution >= 0.6 is 0 Å². The molecule has 0 bridgehead atoms. The second-order valence-corrected chi connectivity index (χ2v) is 4.06. The van der Waals surface area contributed by atoms with Crippen LogP contribution in [-0.4, -0.2) is 38.1 Å². The van der Waals surface area contributed by atoms with Crippen LogP contribution < -0.4 is 4.74 Å². The molecule has 0 unspecified atom stereocenters. The fourth-order valence-electron chi connectivity index (χ4n) is 1.27. The van der Waals surface area contributed by atoms with Gasteiger partial charge in [0.05, 0.1) is 13.3 Å². The summed E-state index contributed by atoms with van der Waals surface area (Å²) >= 11 is 0. The number of carbonyl (C=O) groups excluding carboxylic acids is 1. The number of hydrogen-bond acceptors (Lipinski definition) is 3. The average Bonchev–Trinajstić information content (AvgIpc) is 2.37. The number of alkyl halides is 1. The van der Waals surface area contributed by atoms with Crippen molar-refractivity contribution < 1.29 is 13.9 Å². The van der Waals surface area contributed by atoms with Gasteiger partial charge in [-0.05, 0) is 24.3 Å². The highest BCUT2D eigenvalue weighted by molar-refractivity contribution is 6.04. The number of nitrogens with zero attached hydrogens (tertiary/aromatic N) is 1. The Balaban J connectivity index is 2.56. The Kier molecular flexibility index (Phi) is 5.91. The normalized spacial score (nSPS) is 10.6. The van der Waals surface area contributed by atoms with Crippen LogP contribution in [0.5, 0.6) is 5.75 Å². The fourth-order valence-corrected chi connectivity index (χ4v) is 1.27. The minimum atomic E-state index is -0.383. The number of halogens is 1. The monoisotopic (exact) mass is 251 g/mol. The number of carbonyl (C=O) groups is 1. The lowest BCUT2D eigenvalue weighted by Gasteiger charge is -2.05. The van der Waals surface area contributed by atoms with Gasteiger partial charge in [0.15, 0.2) is 5.78 Å². The molecule has 0 saturated heterocycles. The fraction of sp³-hybridized carbons (Fsp3) is 0.357. The maximum Gasteiger partial charge on any atom is 0.187 e. The van der Waals surface area contributed by atoms with Gasteiger partial charge in [0, 0.05) is 38.4 Å². The van der Waals surface area contributed by atoms with Crippen molar-refractivity contribution >= 4 is 5.78 Å². The quantitative estimate of drug-likeness (QED) is 0.424. The van der Waals surface area contributed by atoms with Gasteiger partial charge >= 0.3 is 0 Å². The molecule has 0 aliphatic carbocycles. The summed E-state index contributed by atoms with van der Waals surface area (Å²) in [7, 11) is 3.71. The second kappa shape index (κ2) is 7.48. The molecule has 0 heterocycles. The molecule has 0 N–H and O–H groups in total. The summed E-state index contributed by atoms with van der Waals surface area (Å²) in [6, 6.07) is 6.84. The van der Waals surface area contributed by atoms with Gasteiger partial charge in [-0.25, -0.2) is 0 Å². The zero-order valence-electron chi connectivity index (χ0n) is 10.7. The number of ketones is 1. The van der Waals surface area contributed by atoms with Gasteiger partial charge in [-0.15, -0.1) is 0 Å². The molecule has 0 aromatic heterocycles. The third-order valence-electron chi connectivity index (χ3n) is 2.21. The van der Waals surface area contributed by atoms with Crippen LogP contribution in [0.1, 0.15) is 16.8 Å². The lowest BCUT2D eigenvalue weighted by Crippen LogP contribution is -2.03. The minimum Gasteiger partial charge on any atom is -0.493 e. The maximum atomic E-state index is 11.9. The van der Waals surface area contributed by atoms with Crippen LogP contribution in [0.15, 0.2) is 36.5 Å². The summed E-state index contributed by atoms with van der Waals surface area (Å²) in [5, 5.41) is 0. The Labute approximate surface area is 107 Å². The minimum absolute atomic E-state index is 0.0565. The molecule has 1 aromatic rings. The van der Waals surface area contributed by atoms with Crippen molar-refractivity contribution in [3.8, 4) is 5.75 Å². The Morgan fingerprint density at radius 3 is 2.56 bits per heavy atom. The Morgan fingerprint density at radius 2 is 2.00 bits per heavy atom. The molecule has 0 amide bonds. The molecule has 0 spiro atoms. The van der Waals surface area contributed by atoms with Crippen molar-refractivity contribution in [2.24, 2.45) is 0 Å². The summed E-state index contributed by atoms with van der Waals surface area (Å²) in [6.07, 6.45) is 3.60. The van der Waals surface area contributed by atoms with E-state index >= 15 is 0 Å². The third-order valence-corrected chi connectivity index (χ3v) is 2.21. The average molecular weight is 251 g/mol.